The summed E-state index contributed by atoms with van der Waals surface area (Å²) in [5.74, 6) is 0.260. The van der Waals surface area contributed by atoms with E-state index in [1.54, 1.807) is 6.08 Å². The van der Waals surface area contributed by atoms with Gasteiger partial charge in [0.2, 0.25) is 0 Å². The van der Waals surface area contributed by atoms with Gasteiger partial charge in [-0.3, -0.25) is 0 Å². The quantitative estimate of drug-likeness (QED) is 0.503. The number of rotatable bonds is 4. The zero-order valence-electron chi connectivity index (χ0n) is 18.2. The van der Waals surface area contributed by atoms with Gasteiger partial charge < -0.3 is 4.74 Å². The molecule has 2 fully saturated rings. The van der Waals surface area contributed by atoms with Gasteiger partial charge in [-0.1, -0.05) is 35.4 Å². The Kier molecular flexibility index (Phi) is 5.43. The van der Waals surface area contributed by atoms with Crippen molar-refractivity contribution in [1.29, 1.82) is 0 Å². The molecule has 3 aliphatic rings. The molecule has 0 unspecified atom stereocenters. The van der Waals surface area contributed by atoms with Crippen LogP contribution in [0.1, 0.15) is 46.5 Å². The van der Waals surface area contributed by atoms with E-state index in [0.29, 0.717) is 18.4 Å². The summed E-state index contributed by atoms with van der Waals surface area (Å²) in [6.07, 6.45) is 4.43. The van der Waals surface area contributed by atoms with E-state index in [-0.39, 0.29) is 5.92 Å². The SMILES string of the molecule is [B]C1([B])C=C(C([B])([B])C([B])([B])C([B])([B])C([B])([B])[B])[C@@]23C[C@@H](CC[C@]2(C)C1)C(C)(C)O3. The first-order valence-corrected chi connectivity index (χ1v) is 10.2. The van der Waals surface area contributed by atoms with Crippen molar-refractivity contribution in [2.45, 2.75) is 83.6 Å². The van der Waals surface area contributed by atoms with E-state index in [1.165, 1.54) is 0 Å². The molecule has 1 heterocycles. The maximum absolute atomic E-state index is 6.73. The highest BCUT2D eigenvalue weighted by Gasteiger charge is 2.68. The zero-order valence-corrected chi connectivity index (χ0v) is 18.2. The van der Waals surface area contributed by atoms with Crippen molar-refractivity contribution in [3.05, 3.63) is 11.6 Å². The van der Waals surface area contributed by atoms with Crippen LogP contribution in [0.3, 0.4) is 0 Å². The third kappa shape index (κ3) is 3.14. The monoisotopic (exact) mass is 372 g/mol. The minimum absolute atomic E-state index is 0.260. The number of hydrogen-bond donors (Lipinski definition) is 0. The van der Waals surface area contributed by atoms with Crippen LogP contribution in [0.15, 0.2) is 11.6 Å². The summed E-state index contributed by atoms with van der Waals surface area (Å²) >= 11 is 0. The van der Waals surface area contributed by atoms with Crippen LogP contribution >= 0.6 is 0 Å². The van der Waals surface area contributed by atoms with Gasteiger partial charge in [0.25, 0.3) is 0 Å². The molecule has 0 aromatic rings. The van der Waals surface area contributed by atoms with Crippen LogP contribution < -0.4 is 0 Å². The molecule has 1 saturated heterocycles. The van der Waals surface area contributed by atoms with Gasteiger partial charge in [0.15, 0.2) is 0 Å². The van der Waals surface area contributed by atoms with Crippen molar-refractivity contribution in [1.82, 2.24) is 0 Å². The summed E-state index contributed by atoms with van der Waals surface area (Å²) in [6, 6.07) is 0. The zero-order chi connectivity index (χ0) is 23.4. The van der Waals surface area contributed by atoms with Gasteiger partial charge in [-0.2, -0.15) is 0 Å². The van der Waals surface area contributed by atoms with Gasteiger partial charge in [0, 0.05) is 23.5 Å². The van der Waals surface area contributed by atoms with Crippen LogP contribution in [0.4, 0.5) is 0 Å². The molecule has 0 amide bonds. The van der Waals surface area contributed by atoms with E-state index >= 15 is 0 Å². The van der Waals surface area contributed by atoms with Gasteiger partial charge >= 0.3 is 0 Å². The molecule has 1 saturated carbocycles. The summed E-state index contributed by atoms with van der Waals surface area (Å²) < 4.78 is 6.73. The maximum Gasteiger partial charge on any atom is 0.0945 e. The molecule has 1 spiro atoms. The van der Waals surface area contributed by atoms with Gasteiger partial charge in [-0.25, -0.2) is 0 Å². The molecule has 0 N–H and O–H groups in total. The first-order chi connectivity index (χ1) is 13.1. The summed E-state index contributed by atoms with van der Waals surface area (Å²) in [5, 5.41) is -10.1. The summed E-state index contributed by atoms with van der Waals surface area (Å²) in [5.41, 5.74) is -1.52. The van der Waals surface area contributed by atoms with Gasteiger partial charge in [-0.15, -0.1) is 15.5 Å². The molecule has 130 valence electrons. The van der Waals surface area contributed by atoms with Crippen molar-refractivity contribution in [2.24, 2.45) is 11.3 Å². The molecule has 22 radical (unpaired) electrons. The number of allylic oxidation sites excluding steroid dienone is 1. The minimum atomic E-state index is -2.29. The Morgan fingerprint density at radius 1 is 0.900 bits per heavy atom. The molecule has 1 aliphatic heterocycles. The molecule has 12 heteroatoms. The fourth-order valence-corrected chi connectivity index (χ4v) is 5.89. The second-order valence-electron chi connectivity index (χ2n) is 10.9. The van der Waals surface area contributed by atoms with E-state index in [0.717, 1.165) is 12.8 Å². The number of ether oxygens (including phenoxy) is 1. The summed E-state index contributed by atoms with van der Waals surface area (Å²) in [6.45, 7) is 6.14. The topological polar surface area (TPSA) is 9.23 Å². The van der Waals surface area contributed by atoms with E-state index in [9.17, 15) is 0 Å². The third-order valence-corrected chi connectivity index (χ3v) is 8.05. The van der Waals surface area contributed by atoms with Crippen LogP contribution in [0.2, 0.25) is 26.0 Å². The standard InChI is InChI=1S/C18H19B11O/c1-11(2)9-4-5-12(3)8-13(19,20)7-10(14(12,6-9)30-11)15(21,22)16(23,24)17(25,26)18(27,28)29/h7,9H,4-6,8H2,1-3H3/t9-,12-,14+/m1/s1. The number of hydrogen-bond acceptors (Lipinski definition) is 1. The Balaban J connectivity index is 2.25. The van der Waals surface area contributed by atoms with Crippen molar-refractivity contribution in [3.8, 4) is 0 Å². The molecule has 2 bridgehead atoms. The Bertz CT molecular complexity index is 767. The van der Waals surface area contributed by atoms with Crippen LogP contribution in [0, 0.1) is 11.3 Å². The highest BCUT2D eigenvalue weighted by molar-refractivity contribution is 6.72. The Morgan fingerprint density at radius 3 is 1.93 bits per heavy atom. The lowest BCUT2D eigenvalue weighted by molar-refractivity contribution is -0.134. The average molecular weight is 370 g/mol. The third-order valence-electron chi connectivity index (χ3n) is 8.05. The maximum atomic E-state index is 6.73. The predicted molar refractivity (Wildman–Crippen MR) is 133 cm³/mol. The fourth-order valence-electron chi connectivity index (χ4n) is 5.89. The summed E-state index contributed by atoms with van der Waals surface area (Å²) in [4.78, 5) is 0. The van der Waals surface area contributed by atoms with Gasteiger partial charge in [0.1, 0.15) is 0 Å². The molecular formula is C18H19B11O. The van der Waals surface area contributed by atoms with Crippen LogP contribution in [-0.2, 0) is 4.74 Å². The van der Waals surface area contributed by atoms with E-state index in [1.807, 2.05) is 13.8 Å². The smallest absolute Gasteiger partial charge is 0.0945 e. The average Bonchev–Trinajstić information content (AvgIpc) is 2.75. The summed E-state index contributed by atoms with van der Waals surface area (Å²) in [7, 11) is 68.6. The van der Waals surface area contributed by atoms with Crippen LogP contribution in [-0.4, -0.2) is 97.5 Å². The second kappa shape index (κ2) is 6.51. The molecule has 30 heavy (non-hydrogen) atoms. The lowest BCUT2D eigenvalue weighted by Crippen LogP contribution is -2.60. The largest absolute Gasteiger partial charge is 0.364 e. The Hall–Kier alpha value is 0.414. The van der Waals surface area contributed by atoms with Crippen LogP contribution in [0.25, 0.3) is 0 Å². The highest BCUT2D eigenvalue weighted by Crippen LogP contribution is 2.74. The van der Waals surface area contributed by atoms with Gasteiger partial charge in [-0.05, 0) is 44.4 Å². The Labute approximate surface area is 197 Å². The first-order valence-electron chi connectivity index (χ1n) is 10.2. The molecule has 2 aliphatic carbocycles. The lowest BCUT2D eigenvalue weighted by atomic mass is 9.07. The van der Waals surface area contributed by atoms with Crippen molar-refractivity contribution in [2.75, 3.05) is 0 Å². The molecule has 3 rings (SSSR count). The minimum Gasteiger partial charge on any atom is -0.364 e. The Morgan fingerprint density at radius 2 is 1.43 bits per heavy atom. The van der Waals surface area contributed by atoms with Crippen molar-refractivity contribution in [3.63, 3.8) is 0 Å². The van der Waals surface area contributed by atoms with E-state index in [4.69, 9.17) is 91.0 Å². The molecule has 0 aromatic heterocycles. The van der Waals surface area contributed by atoms with E-state index in [2.05, 4.69) is 6.92 Å². The molecular weight excluding hydrogens is 351 g/mol. The van der Waals surface area contributed by atoms with Crippen LogP contribution in [0.5, 0.6) is 0 Å². The highest BCUT2D eigenvalue weighted by atomic mass is 16.5. The van der Waals surface area contributed by atoms with Crippen molar-refractivity contribution < 1.29 is 4.74 Å². The molecule has 1 nitrogen and oxygen atoms in total. The van der Waals surface area contributed by atoms with E-state index < -0.39 is 42.6 Å². The molecule has 3 atom stereocenters. The first kappa shape index (κ1) is 25.0. The molecule has 0 aromatic carbocycles. The lowest BCUT2D eigenvalue weighted by Gasteiger charge is -2.67. The predicted octanol–water partition coefficient (Wildman–Crippen LogP) is 0.0625. The van der Waals surface area contributed by atoms with Gasteiger partial charge in [0.05, 0.1) is 74.0 Å². The number of fused-ring (bicyclic) bond motifs is 1. The van der Waals surface area contributed by atoms with Crippen molar-refractivity contribution >= 4 is 86.3 Å². The normalized spacial score (nSPS) is 36.0. The second-order valence-corrected chi connectivity index (χ2v) is 10.9. The fraction of sp³-hybridized carbons (Fsp3) is 0.889.